The van der Waals surface area contributed by atoms with E-state index in [1.165, 1.54) is 7.11 Å². The van der Waals surface area contributed by atoms with Crippen LogP contribution in [-0.4, -0.2) is 22.6 Å². The fourth-order valence-electron chi connectivity index (χ4n) is 1.51. The van der Waals surface area contributed by atoms with E-state index in [1.54, 1.807) is 23.0 Å². The van der Waals surface area contributed by atoms with Crippen LogP contribution in [0.15, 0.2) is 30.6 Å². The number of benzene rings is 1. The summed E-state index contributed by atoms with van der Waals surface area (Å²) in [6, 6.07) is 7.06. The van der Waals surface area contributed by atoms with Gasteiger partial charge in [-0.1, -0.05) is 35.3 Å². The van der Waals surface area contributed by atoms with Gasteiger partial charge in [-0.15, -0.1) is 0 Å². The molecule has 0 aliphatic rings. The summed E-state index contributed by atoms with van der Waals surface area (Å²) in [6.45, 7) is 0.542. The Hall–Kier alpha value is -1.52. The summed E-state index contributed by atoms with van der Waals surface area (Å²) < 4.78 is 6.34. The van der Waals surface area contributed by atoms with Crippen molar-refractivity contribution in [1.82, 2.24) is 9.55 Å². The minimum Gasteiger partial charge on any atom is -0.465 e. The minimum atomic E-state index is -0.356. The van der Waals surface area contributed by atoms with Crippen molar-refractivity contribution in [3.8, 4) is 0 Å². The highest BCUT2D eigenvalue weighted by molar-refractivity contribution is 6.40. The van der Waals surface area contributed by atoms with Gasteiger partial charge in [-0.2, -0.15) is 0 Å². The molecule has 0 bridgehead atoms. The van der Waals surface area contributed by atoms with E-state index in [2.05, 4.69) is 9.72 Å². The summed E-state index contributed by atoms with van der Waals surface area (Å²) in [5, 5.41) is 0.677. The van der Waals surface area contributed by atoms with Crippen molar-refractivity contribution in [2.24, 2.45) is 0 Å². The molecule has 94 valence electrons. The molecule has 1 aromatic carbocycles. The van der Waals surface area contributed by atoms with Crippen LogP contribution in [0.3, 0.4) is 0 Å². The number of ether oxygens (including phenoxy) is 1. The third kappa shape index (κ3) is 2.66. The van der Waals surface area contributed by atoms with Crippen molar-refractivity contribution in [2.45, 2.75) is 6.54 Å². The highest BCUT2D eigenvalue weighted by Gasteiger charge is 2.08. The number of rotatable bonds is 3. The number of hydrogen-bond acceptors (Lipinski definition) is 3. The first-order valence-electron chi connectivity index (χ1n) is 5.15. The molecule has 0 N–H and O–H groups in total. The van der Waals surface area contributed by atoms with Gasteiger partial charge in [0.25, 0.3) is 0 Å². The number of imidazole rings is 1. The third-order valence-corrected chi connectivity index (χ3v) is 3.23. The fourth-order valence-corrected chi connectivity index (χ4v) is 1.82. The summed E-state index contributed by atoms with van der Waals surface area (Å²) in [4.78, 5) is 15.2. The van der Waals surface area contributed by atoms with Crippen LogP contribution in [-0.2, 0) is 11.3 Å². The highest BCUT2D eigenvalue weighted by atomic mass is 35.5. The highest BCUT2D eigenvalue weighted by Crippen LogP contribution is 2.20. The van der Waals surface area contributed by atoms with E-state index in [-0.39, 0.29) is 11.1 Å². The van der Waals surface area contributed by atoms with Gasteiger partial charge in [0, 0.05) is 6.54 Å². The molecule has 0 aliphatic heterocycles. The first-order valence-corrected chi connectivity index (χ1v) is 5.91. The molecule has 6 heteroatoms. The third-order valence-electron chi connectivity index (χ3n) is 2.46. The number of hydrogen-bond donors (Lipinski definition) is 0. The molecule has 0 spiro atoms. The zero-order valence-electron chi connectivity index (χ0n) is 9.56. The number of carbonyl (C=O) groups is 1. The standard InChI is InChI=1S/C12H10Cl2N2O2/c1-18-12(17)9-4-2-8(3-5-9)6-16-7-15-10(13)11(16)14/h2-5,7H,6H2,1H3. The van der Waals surface area contributed by atoms with Crippen molar-refractivity contribution in [3.05, 3.63) is 52.0 Å². The van der Waals surface area contributed by atoms with Crippen LogP contribution in [0.4, 0.5) is 0 Å². The number of methoxy groups -OCH3 is 1. The Bertz CT molecular complexity index is 564. The lowest BCUT2D eigenvalue weighted by Gasteiger charge is -2.05. The SMILES string of the molecule is COC(=O)c1ccc(Cn2cnc(Cl)c2Cl)cc1. The maximum atomic E-state index is 11.3. The smallest absolute Gasteiger partial charge is 0.337 e. The molecular weight excluding hydrogens is 275 g/mol. The number of aromatic nitrogens is 2. The average Bonchev–Trinajstić information content (AvgIpc) is 2.71. The van der Waals surface area contributed by atoms with Crippen LogP contribution >= 0.6 is 23.2 Å². The minimum absolute atomic E-state index is 0.280. The van der Waals surface area contributed by atoms with E-state index >= 15 is 0 Å². The van der Waals surface area contributed by atoms with Crippen LogP contribution in [0.5, 0.6) is 0 Å². The Morgan fingerprint density at radius 1 is 1.33 bits per heavy atom. The second-order valence-corrected chi connectivity index (χ2v) is 4.36. The summed E-state index contributed by atoms with van der Waals surface area (Å²) in [5.74, 6) is -0.356. The molecule has 1 heterocycles. The zero-order chi connectivity index (χ0) is 13.1. The van der Waals surface area contributed by atoms with Gasteiger partial charge >= 0.3 is 5.97 Å². The molecule has 0 aliphatic carbocycles. The van der Waals surface area contributed by atoms with E-state index in [4.69, 9.17) is 23.2 Å². The number of halogens is 2. The van der Waals surface area contributed by atoms with Crippen LogP contribution in [0.25, 0.3) is 0 Å². The van der Waals surface area contributed by atoms with Crippen molar-refractivity contribution in [2.75, 3.05) is 7.11 Å². The normalized spacial score (nSPS) is 10.4. The van der Waals surface area contributed by atoms with Crippen molar-refractivity contribution < 1.29 is 9.53 Å². The first-order chi connectivity index (χ1) is 8.61. The maximum absolute atomic E-state index is 11.3. The summed E-state index contributed by atoms with van der Waals surface area (Å²) >= 11 is 11.7. The summed E-state index contributed by atoms with van der Waals surface area (Å²) in [7, 11) is 1.35. The van der Waals surface area contributed by atoms with Gasteiger partial charge in [-0.25, -0.2) is 9.78 Å². The van der Waals surface area contributed by atoms with E-state index in [0.717, 1.165) is 5.56 Å². The number of esters is 1. The molecule has 1 aromatic heterocycles. The average molecular weight is 285 g/mol. The lowest BCUT2D eigenvalue weighted by Crippen LogP contribution is -2.02. The molecule has 0 saturated carbocycles. The molecule has 2 rings (SSSR count). The van der Waals surface area contributed by atoms with Crippen LogP contribution < -0.4 is 0 Å². The van der Waals surface area contributed by atoms with E-state index in [1.807, 2.05) is 12.1 Å². The Labute approximate surface area is 114 Å². The first kappa shape index (κ1) is 12.9. The maximum Gasteiger partial charge on any atom is 0.337 e. The molecular formula is C12H10Cl2N2O2. The molecule has 2 aromatic rings. The number of carbonyl (C=O) groups excluding carboxylic acids is 1. The van der Waals surface area contributed by atoms with Crippen molar-refractivity contribution in [1.29, 1.82) is 0 Å². The Balaban J connectivity index is 2.16. The van der Waals surface area contributed by atoms with Crippen molar-refractivity contribution in [3.63, 3.8) is 0 Å². The Morgan fingerprint density at radius 2 is 2.00 bits per heavy atom. The van der Waals surface area contributed by atoms with Gasteiger partial charge in [-0.05, 0) is 17.7 Å². The lowest BCUT2D eigenvalue weighted by atomic mass is 10.1. The predicted molar refractivity (Wildman–Crippen MR) is 69.1 cm³/mol. The predicted octanol–water partition coefficient (Wildman–Crippen LogP) is 3.02. The van der Waals surface area contributed by atoms with Gasteiger partial charge in [0.05, 0.1) is 19.0 Å². The monoisotopic (exact) mass is 284 g/mol. The van der Waals surface area contributed by atoms with Gasteiger partial charge in [0.2, 0.25) is 0 Å². The van der Waals surface area contributed by atoms with E-state index < -0.39 is 0 Å². The van der Waals surface area contributed by atoms with E-state index in [0.29, 0.717) is 17.3 Å². The van der Waals surface area contributed by atoms with Crippen LogP contribution in [0.1, 0.15) is 15.9 Å². The molecule has 0 fully saturated rings. The Morgan fingerprint density at radius 3 is 2.50 bits per heavy atom. The van der Waals surface area contributed by atoms with Gasteiger partial charge in [0.15, 0.2) is 5.15 Å². The topological polar surface area (TPSA) is 44.1 Å². The van der Waals surface area contributed by atoms with Gasteiger partial charge in [-0.3, -0.25) is 0 Å². The molecule has 18 heavy (non-hydrogen) atoms. The lowest BCUT2D eigenvalue weighted by molar-refractivity contribution is 0.0600. The Kier molecular flexibility index (Phi) is 3.89. The number of nitrogens with zero attached hydrogens (tertiary/aromatic N) is 2. The second-order valence-electron chi connectivity index (χ2n) is 3.64. The molecule has 4 nitrogen and oxygen atoms in total. The zero-order valence-corrected chi connectivity index (χ0v) is 11.1. The largest absolute Gasteiger partial charge is 0.465 e. The molecule has 0 radical (unpaired) electrons. The fraction of sp³-hybridized carbons (Fsp3) is 0.167. The van der Waals surface area contributed by atoms with Gasteiger partial charge < -0.3 is 9.30 Å². The van der Waals surface area contributed by atoms with Crippen molar-refractivity contribution >= 4 is 29.2 Å². The van der Waals surface area contributed by atoms with E-state index in [9.17, 15) is 4.79 Å². The molecule has 0 amide bonds. The molecule has 0 unspecified atom stereocenters. The quantitative estimate of drug-likeness (QED) is 0.814. The second kappa shape index (κ2) is 5.42. The molecule has 0 atom stereocenters. The summed E-state index contributed by atoms with van der Waals surface area (Å²) in [6.07, 6.45) is 1.57. The van der Waals surface area contributed by atoms with Gasteiger partial charge in [0.1, 0.15) is 5.15 Å². The van der Waals surface area contributed by atoms with Crippen LogP contribution in [0.2, 0.25) is 10.3 Å². The summed E-state index contributed by atoms with van der Waals surface area (Å²) in [5.41, 5.74) is 1.50. The van der Waals surface area contributed by atoms with Crippen LogP contribution in [0, 0.1) is 0 Å². The molecule has 0 saturated heterocycles.